The normalized spacial score (nSPS) is 15.6. The predicted molar refractivity (Wildman–Crippen MR) is 134 cm³/mol. The molecule has 0 saturated carbocycles. The Hall–Kier alpha value is -3.24. The molecule has 4 aromatic heterocycles. The maximum absolute atomic E-state index is 13.0. The van der Waals surface area contributed by atoms with Crippen molar-refractivity contribution < 1.29 is 9.53 Å². The lowest BCUT2D eigenvalue weighted by molar-refractivity contribution is -0.134. The summed E-state index contributed by atoms with van der Waals surface area (Å²) < 4.78 is 7.37. The molecule has 0 fully saturated rings. The first-order valence-corrected chi connectivity index (χ1v) is 12.2. The Morgan fingerprint density at radius 2 is 2.15 bits per heavy atom. The van der Waals surface area contributed by atoms with Crippen molar-refractivity contribution >= 4 is 44.5 Å². The topological polar surface area (TPSA) is 87.9 Å². The van der Waals surface area contributed by atoms with Crippen LogP contribution in [0.2, 0.25) is 0 Å². The number of methoxy groups -OCH3 is 1. The minimum absolute atomic E-state index is 0.0152. The van der Waals surface area contributed by atoms with Crippen molar-refractivity contribution in [2.45, 2.75) is 19.3 Å². The van der Waals surface area contributed by atoms with E-state index in [-0.39, 0.29) is 11.8 Å². The second kappa shape index (κ2) is 9.19. The SMILES string of the molecule is COc1cn2nccc2cc1Nc1ncnc2sc3c(c12)CCC(C(=O)N(C)CCN(C)C)C3. The van der Waals surface area contributed by atoms with Gasteiger partial charge in [0, 0.05) is 37.1 Å². The maximum atomic E-state index is 13.0. The van der Waals surface area contributed by atoms with Crippen molar-refractivity contribution in [2.24, 2.45) is 5.92 Å². The molecular weight excluding hydrogens is 450 g/mol. The van der Waals surface area contributed by atoms with E-state index in [1.54, 1.807) is 35.5 Å². The van der Waals surface area contributed by atoms with Crippen molar-refractivity contribution in [2.75, 3.05) is 46.7 Å². The predicted octanol–water partition coefficient (Wildman–Crippen LogP) is 3.22. The number of fused-ring (bicyclic) bond motifs is 4. The Labute approximate surface area is 202 Å². The van der Waals surface area contributed by atoms with Gasteiger partial charge in [0.25, 0.3) is 0 Å². The Morgan fingerprint density at radius 1 is 1.29 bits per heavy atom. The number of hydrogen-bond acceptors (Lipinski definition) is 8. The fourth-order valence-corrected chi connectivity index (χ4v) is 5.79. The van der Waals surface area contributed by atoms with E-state index < -0.39 is 0 Å². The van der Waals surface area contributed by atoms with Crippen LogP contribution in [0.5, 0.6) is 5.75 Å². The quantitative estimate of drug-likeness (QED) is 0.435. The van der Waals surface area contributed by atoms with Crippen molar-refractivity contribution in [3.8, 4) is 5.75 Å². The highest BCUT2D eigenvalue weighted by atomic mass is 32.1. The summed E-state index contributed by atoms with van der Waals surface area (Å²) >= 11 is 1.67. The van der Waals surface area contributed by atoms with Crippen LogP contribution in [0.3, 0.4) is 0 Å². The number of aromatic nitrogens is 4. The number of rotatable bonds is 7. The molecule has 1 aliphatic carbocycles. The molecule has 1 aliphatic rings. The molecule has 10 heteroatoms. The van der Waals surface area contributed by atoms with E-state index >= 15 is 0 Å². The van der Waals surface area contributed by atoms with E-state index in [0.717, 1.165) is 59.6 Å². The van der Waals surface area contributed by atoms with Gasteiger partial charge in [-0.3, -0.25) is 4.79 Å². The lowest BCUT2D eigenvalue weighted by Gasteiger charge is -2.27. The van der Waals surface area contributed by atoms with E-state index in [9.17, 15) is 4.79 Å². The van der Waals surface area contributed by atoms with Gasteiger partial charge in [-0.15, -0.1) is 11.3 Å². The molecule has 4 heterocycles. The lowest BCUT2D eigenvalue weighted by atomic mass is 9.87. The number of thiophene rings is 1. The molecule has 4 aromatic rings. The number of hydrogen-bond donors (Lipinski definition) is 1. The number of nitrogens with one attached hydrogen (secondary N) is 1. The first kappa shape index (κ1) is 22.5. The molecule has 0 radical (unpaired) electrons. The minimum atomic E-state index is 0.0152. The third kappa shape index (κ3) is 4.19. The molecule has 1 atom stereocenters. The Bertz CT molecular complexity index is 1350. The highest BCUT2D eigenvalue weighted by Gasteiger charge is 2.30. The summed E-state index contributed by atoms with van der Waals surface area (Å²) in [6.45, 7) is 1.60. The van der Waals surface area contributed by atoms with Gasteiger partial charge in [-0.05, 0) is 51.1 Å². The molecule has 178 valence electrons. The highest BCUT2D eigenvalue weighted by molar-refractivity contribution is 7.19. The molecule has 1 N–H and O–H groups in total. The van der Waals surface area contributed by atoms with Crippen molar-refractivity contribution in [3.63, 3.8) is 0 Å². The van der Waals surface area contributed by atoms with E-state index in [0.29, 0.717) is 5.75 Å². The number of amides is 1. The summed E-state index contributed by atoms with van der Waals surface area (Å²) in [5, 5.41) is 8.80. The summed E-state index contributed by atoms with van der Waals surface area (Å²) in [6, 6.07) is 3.94. The first-order valence-electron chi connectivity index (χ1n) is 11.4. The zero-order chi connectivity index (χ0) is 23.8. The molecule has 0 spiro atoms. The van der Waals surface area contributed by atoms with Crippen LogP contribution < -0.4 is 10.1 Å². The molecule has 0 aromatic carbocycles. The zero-order valence-corrected chi connectivity index (χ0v) is 20.7. The highest BCUT2D eigenvalue weighted by Crippen LogP contribution is 2.41. The molecule has 34 heavy (non-hydrogen) atoms. The van der Waals surface area contributed by atoms with Crippen LogP contribution in [0, 0.1) is 5.92 Å². The van der Waals surface area contributed by atoms with Crippen LogP contribution in [-0.4, -0.2) is 76.6 Å². The number of likely N-dealkylation sites (N-methyl/N-ethyl adjacent to an activating group) is 2. The van der Waals surface area contributed by atoms with E-state index in [4.69, 9.17) is 4.74 Å². The van der Waals surface area contributed by atoms with Gasteiger partial charge in [-0.1, -0.05) is 0 Å². The smallest absolute Gasteiger partial charge is 0.225 e. The van der Waals surface area contributed by atoms with Crippen LogP contribution in [0.15, 0.2) is 30.9 Å². The average molecular weight is 480 g/mol. The average Bonchev–Trinajstić information content (AvgIpc) is 3.45. The van der Waals surface area contributed by atoms with Gasteiger partial charge >= 0.3 is 0 Å². The largest absolute Gasteiger partial charge is 0.493 e. The molecule has 5 rings (SSSR count). The van der Waals surface area contributed by atoms with Crippen molar-refractivity contribution in [3.05, 3.63) is 41.3 Å². The van der Waals surface area contributed by atoms with E-state index in [1.807, 2.05) is 44.4 Å². The number of carbonyl (C=O) groups is 1. The summed E-state index contributed by atoms with van der Waals surface area (Å²) in [7, 11) is 7.60. The molecule has 0 saturated heterocycles. The van der Waals surface area contributed by atoms with Gasteiger partial charge in [0.15, 0.2) is 5.75 Å². The Balaban J connectivity index is 1.43. The van der Waals surface area contributed by atoms with Crippen molar-refractivity contribution in [1.29, 1.82) is 0 Å². The summed E-state index contributed by atoms with van der Waals surface area (Å²) in [4.78, 5) is 28.3. The first-order chi connectivity index (χ1) is 16.4. The van der Waals surface area contributed by atoms with Gasteiger partial charge in [-0.2, -0.15) is 5.10 Å². The van der Waals surface area contributed by atoms with Gasteiger partial charge in [0.05, 0.1) is 29.9 Å². The fourth-order valence-electron chi connectivity index (χ4n) is 4.52. The fraction of sp³-hybridized carbons (Fsp3) is 0.417. The third-order valence-corrected chi connectivity index (χ3v) is 7.59. The van der Waals surface area contributed by atoms with Crippen LogP contribution in [-0.2, 0) is 17.6 Å². The van der Waals surface area contributed by atoms with E-state index in [2.05, 4.69) is 25.3 Å². The number of nitrogens with zero attached hydrogens (tertiary/aromatic N) is 6. The third-order valence-electron chi connectivity index (χ3n) is 6.42. The van der Waals surface area contributed by atoms with Gasteiger partial charge in [-0.25, -0.2) is 14.5 Å². The lowest BCUT2D eigenvalue weighted by Crippen LogP contribution is -2.39. The number of aryl methyl sites for hydroxylation is 1. The molecular formula is C24H29N7O2S. The van der Waals surface area contributed by atoms with Crippen molar-refractivity contribution in [1.82, 2.24) is 29.4 Å². The minimum Gasteiger partial charge on any atom is -0.493 e. The summed E-state index contributed by atoms with van der Waals surface area (Å²) in [5.41, 5.74) is 3.04. The summed E-state index contributed by atoms with van der Waals surface area (Å²) in [6.07, 6.45) is 7.63. The molecule has 1 amide bonds. The van der Waals surface area contributed by atoms with Crippen LogP contribution in [0.4, 0.5) is 11.5 Å². The number of carbonyl (C=O) groups excluding carboxylic acids is 1. The Morgan fingerprint density at radius 3 is 2.94 bits per heavy atom. The molecule has 0 bridgehead atoms. The molecule has 0 aliphatic heterocycles. The van der Waals surface area contributed by atoms with Crippen LogP contribution >= 0.6 is 11.3 Å². The van der Waals surface area contributed by atoms with Crippen LogP contribution in [0.25, 0.3) is 15.7 Å². The van der Waals surface area contributed by atoms with E-state index in [1.165, 1.54) is 10.4 Å². The molecule has 9 nitrogen and oxygen atoms in total. The summed E-state index contributed by atoms with van der Waals surface area (Å²) in [5.74, 6) is 1.69. The Kier molecular flexibility index (Phi) is 6.09. The zero-order valence-electron chi connectivity index (χ0n) is 19.9. The second-order valence-corrected chi connectivity index (χ2v) is 10.1. The van der Waals surface area contributed by atoms with Gasteiger partial charge < -0.3 is 19.9 Å². The number of pyridine rings is 1. The standard InChI is InChI=1S/C24H29N7O2S/c1-29(2)9-10-30(3)24(32)15-5-6-17-20(11-15)34-23-21(17)22(25-14-26-23)28-18-12-16-7-8-27-31(16)13-19(18)33-4/h7-8,12-15H,5-6,9-11H2,1-4H3,(H,25,26,28). The maximum Gasteiger partial charge on any atom is 0.225 e. The second-order valence-electron chi connectivity index (χ2n) is 8.99. The number of anilines is 2. The van der Waals surface area contributed by atoms with Crippen LogP contribution in [0.1, 0.15) is 16.9 Å². The molecule has 1 unspecified atom stereocenters. The monoisotopic (exact) mass is 479 g/mol. The number of ether oxygens (including phenoxy) is 1. The van der Waals surface area contributed by atoms with Gasteiger partial charge in [0.2, 0.25) is 5.91 Å². The van der Waals surface area contributed by atoms with Gasteiger partial charge in [0.1, 0.15) is 17.0 Å².